The third-order valence-electron chi connectivity index (χ3n) is 3.30. The van der Waals surface area contributed by atoms with Gasteiger partial charge in [0.2, 0.25) is 0 Å². The number of aromatic nitrogens is 2. The van der Waals surface area contributed by atoms with Gasteiger partial charge in [-0.05, 0) is 25.1 Å². The zero-order valence-electron chi connectivity index (χ0n) is 12.2. The van der Waals surface area contributed by atoms with Crippen molar-refractivity contribution < 1.29 is 14.0 Å². The lowest BCUT2D eigenvalue weighted by Gasteiger charge is -2.06. The van der Waals surface area contributed by atoms with Crippen LogP contribution in [0.1, 0.15) is 18.4 Å². The van der Waals surface area contributed by atoms with Crippen molar-refractivity contribution in [2.24, 2.45) is 0 Å². The van der Waals surface area contributed by atoms with Crippen LogP contribution in [0.4, 0.5) is 0 Å². The molecule has 2 heterocycles. The average molecular weight is 286 g/mol. The smallest absolute Gasteiger partial charge is 0.162 e. The van der Waals surface area contributed by atoms with Crippen molar-refractivity contribution in [3.05, 3.63) is 48.0 Å². The van der Waals surface area contributed by atoms with Crippen molar-refractivity contribution in [2.45, 2.75) is 20.1 Å². The highest BCUT2D eigenvalue weighted by molar-refractivity contribution is 5.86. The Morgan fingerprint density at radius 1 is 1.29 bits per heavy atom. The average Bonchev–Trinajstić information content (AvgIpc) is 3.09. The maximum Gasteiger partial charge on any atom is 0.162 e. The molecule has 0 radical (unpaired) electrons. The second kappa shape index (κ2) is 6.01. The minimum atomic E-state index is 0.438. The molecule has 5 heteroatoms. The largest absolute Gasteiger partial charge is 0.493 e. The molecule has 3 aromatic rings. The van der Waals surface area contributed by atoms with Crippen molar-refractivity contribution >= 4 is 10.9 Å². The van der Waals surface area contributed by atoms with Crippen molar-refractivity contribution in [2.75, 3.05) is 13.7 Å². The van der Waals surface area contributed by atoms with Crippen molar-refractivity contribution in [1.82, 2.24) is 9.72 Å². The molecule has 0 atom stereocenters. The number of hydrogen-bond acceptors (Lipinski definition) is 4. The molecule has 3 rings (SSSR count). The third-order valence-corrected chi connectivity index (χ3v) is 3.30. The summed E-state index contributed by atoms with van der Waals surface area (Å²) in [5.41, 5.74) is 2.00. The van der Waals surface area contributed by atoms with E-state index < -0.39 is 0 Å². The van der Waals surface area contributed by atoms with Crippen LogP contribution in [0.25, 0.3) is 10.9 Å². The SMILES string of the molecule is CCOc1cccc2c1ccn2Cc1cc(COC)on1. The van der Waals surface area contributed by atoms with Crippen LogP contribution in [0.5, 0.6) is 5.75 Å². The molecular formula is C16H18N2O3. The Morgan fingerprint density at radius 2 is 2.19 bits per heavy atom. The zero-order chi connectivity index (χ0) is 14.7. The van der Waals surface area contributed by atoms with E-state index >= 15 is 0 Å². The molecule has 5 nitrogen and oxygen atoms in total. The van der Waals surface area contributed by atoms with Crippen LogP contribution < -0.4 is 4.74 Å². The van der Waals surface area contributed by atoms with E-state index in [0.29, 0.717) is 19.8 Å². The van der Waals surface area contributed by atoms with Gasteiger partial charge in [-0.1, -0.05) is 11.2 Å². The van der Waals surface area contributed by atoms with Crippen molar-refractivity contribution in [1.29, 1.82) is 0 Å². The third kappa shape index (κ3) is 2.78. The van der Waals surface area contributed by atoms with Crippen LogP contribution >= 0.6 is 0 Å². The van der Waals surface area contributed by atoms with Gasteiger partial charge in [0.25, 0.3) is 0 Å². The van der Waals surface area contributed by atoms with Gasteiger partial charge in [0.05, 0.1) is 18.7 Å². The van der Waals surface area contributed by atoms with E-state index in [1.807, 2.05) is 31.3 Å². The summed E-state index contributed by atoms with van der Waals surface area (Å²) >= 11 is 0. The molecular weight excluding hydrogens is 268 g/mol. The summed E-state index contributed by atoms with van der Waals surface area (Å²) in [6, 6.07) is 10.1. The Labute approximate surface area is 123 Å². The standard InChI is InChI=1S/C16H18N2O3/c1-3-20-16-6-4-5-15-14(16)7-8-18(15)10-12-9-13(11-19-2)21-17-12/h4-9H,3,10-11H2,1-2H3. The maximum atomic E-state index is 5.65. The Hall–Kier alpha value is -2.27. The first-order chi connectivity index (χ1) is 10.3. The highest BCUT2D eigenvalue weighted by atomic mass is 16.5. The fraction of sp³-hybridized carbons (Fsp3) is 0.312. The Bertz CT molecular complexity index is 730. The van der Waals surface area contributed by atoms with Gasteiger partial charge in [0.1, 0.15) is 18.1 Å². The van der Waals surface area contributed by atoms with Gasteiger partial charge in [0, 0.05) is 24.8 Å². The highest BCUT2D eigenvalue weighted by Gasteiger charge is 2.09. The van der Waals surface area contributed by atoms with Crippen molar-refractivity contribution in [3.8, 4) is 5.75 Å². The van der Waals surface area contributed by atoms with Gasteiger partial charge in [0.15, 0.2) is 5.76 Å². The molecule has 0 N–H and O–H groups in total. The Balaban J connectivity index is 1.88. The lowest BCUT2D eigenvalue weighted by atomic mass is 10.2. The number of ether oxygens (including phenoxy) is 2. The second-order valence-corrected chi connectivity index (χ2v) is 4.78. The van der Waals surface area contributed by atoms with Crippen LogP contribution in [0.15, 0.2) is 41.1 Å². The number of hydrogen-bond donors (Lipinski definition) is 0. The summed E-state index contributed by atoms with van der Waals surface area (Å²) < 4.78 is 18.0. The van der Waals surface area contributed by atoms with Crippen LogP contribution in [0.3, 0.4) is 0 Å². The minimum Gasteiger partial charge on any atom is -0.493 e. The molecule has 0 aliphatic heterocycles. The zero-order valence-corrected chi connectivity index (χ0v) is 12.2. The van der Waals surface area contributed by atoms with E-state index in [2.05, 4.69) is 21.9 Å². The second-order valence-electron chi connectivity index (χ2n) is 4.78. The Kier molecular flexibility index (Phi) is 3.92. The molecule has 0 saturated heterocycles. The minimum absolute atomic E-state index is 0.438. The van der Waals surface area contributed by atoms with E-state index in [-0.39, 0.29) is 0 Å². The summed E-state index contributed by atoms with van der Waals surface area (Å²) in [7, 11) is 1.64. The van der Waals surface area contributed by atoms with E-state index in [1.165, 1.54) is 0 Å². The van der Waals surface area contributed by atoms with Crippen LogP contribution in [0.2, 0.25) is 0 Å². The topological polar surface area (TPSA) is 49.4 Å². The number of benzene rings is 1. The summed E-state index contributed by atoms with van der Waals surface area (Å²) in [6.45, 7) is 3.75. The molecule has 0 aliphatic carbocycles. The van der Waals surface area contributed by atoms with Crippen LogP contribution in [-0.4, -0.2) is 23.4 Å². The molecule has 0 aliphatic rings. The molecule has 0 fully saturated rings. The monoisotopic (exact) mass is 286 g/mol. The van der Waals surface area contributed by atoms with Gasteiger partial charge in [-0.25, -0.2) is 0 Å². The molecule has 0 amide bonds. The fourth-order valence-electron chi connectivity index (χ4n) is 2.43. The number of methoxy groups -OCH3 is 1. The predicted octanol–water partition coefficient (Wildman–Crippen LogP) is 3.22. The van der Waals surface area contributed by atoms with Gasteiger partial charge < -0.3 is 18.6 Å². The molecule has 0 saturated carbocycles. The molecule has 21 heavy (non-hydrogen) atoms. The molecule has 0 spiro atoms. The number of nitrogens with zero attached hydrogens (tertiary/aromatic N) is 2. The van der Waals surface area contributed by atoms with Crippen LogP contribution in [-0.2, 0) is 17.9 Å². The van der Waals surface area contributed by atoms with Crippen molar-refractivity contribution in [3.63, 3.8) is 0 Å². The molecule has 0 unspecified atom stereocenters. The first kappa shape index (κ1) is 13.7. The summed E-state index contributed by atoms with van der Waals surface area (Å²) in [5.74, 6) is 1.65. The van der Waals surface area contributed by atoms with E-state index in [1.54, 1.807) is 7.11 Å². The summed E-state index contributed by atoms with van der Waals surface area (Å²) in [6.07, 6.45) is 2.04. The summed E-state index contributed by atoms with van der Waals surface area (Å²) in [4.78, 5) is 0. The Morgan fingerprint density at radius 3 is 3.00 bits per heavy atom. The maximum absolute atomic E-state index is 5.65. The first-order valence-electron chi connectivity index (χ1n) is 6.96. The number of rotatable bonds is 6. The first-order valence-corrected chi connectivity index (χ1v) is 6.96. The van der Waals surface area contributed by atoms with Gasteiger partial charge in [-0.3, -0.25) is 0 Å². The van der Waals surface area contributed by atoms with E-state index in [4.69, 9.17) is 14.0 Å². The highest BCUT2D eigenvalue weighted by Crippen LogP contribution is 2.27. The van der Waals surface area contributed by atoms with E-state index in [9.17, 15) is 0 Å². The normalized spacial score (nSPS) is 11.1. The summed E-state index contributed by atoms with van der Waals surface area (Å²) in [5, 5.41) is 5.18. The van der Waals surface area contributed by atoms with Gasteiger partial charge in [-0.15, -0.1) is 0 Å². The lowest BCUT2D eigenvalue weighted by molar-refractivity contribution is 0.155. The fourth-order valence-corrected chi connectivity index (χ4v) is 2.43. The quantitative estimate of drug-likeness (QED) is 0.698. The molecule has 0 bridgehead atoms. The predicted molar refractivity (Wildman–Crippen MR) is 79.4 cm³/mol. The molecule has 1 aromatic carbocycles. The van der Waals surface area contributed by atoms with Crippen LogP contribution in [0, 0.1) is 0 Å². The lowest BCUT2D eigenvalue weighted by Crippen LogP contribution is -1.98. The molecule has 2 aromatic heterocycles. The van der Waals surface area contributed by atoms with Gasteiger partial charge >= 0.3 is 0 Å². The number of fused-ring (bicyclic) bond motifs is 1. The van der Waals surface area contributed by atoms with E-state index in [0.717, 1.165) is 28.1 Å². The van der Waals surface area contributed by atoms with Gasteiger partial charge in [-0.2, -0.15) is 0 Å². The molecule has 110 valence electrons.